The molecule has 1 fully saturated rings. The van der Waals surface area contributed by atoms with Crippen molar-refractivity contribution < 1.29 is 9.53 Å². The van der Waals surface area contributed by atoms with Gasteiger partial charge < -0.3 is 16.2 Å². The Morgan fingerprint density at radius 2 is 1.90 bits per heavy atom. The van der Waals surface area contributed by atoms with E-state index in [1.807, 2.05) is 24.3 Å². The van der Waals surface area contributed by atoms with E-state index in [0.717, 1.165) is 29.5 Å². The van der Waals surface area contributed by atoms with Crippen LogP contribution in [0, 0.1) is 5.92 Å². The predicted octanol–water partition coefficient (Wildman–Crippen LogP) is 2.26. The Balaban J connectivity index is 1.52. The minimum absolute atomic E-state index is 0.0933. The Bertz CT molecular complexity index is 1070. The molecule has 1 atom stereocenters. The number of hydrogen-bond donors (Lipinski definition) is 2. The first-order chi connectivity index (χ1) is 15.0. The zero-order valence-electron chi connectivity index (χ0n) is 17.3. The zero-order chi connectivity index (χ0) is 21.8. The molecule has 4 N–H and O–H groups in total. The Labute approximate surface area is 180 Å². The van der Waals surface area contributed by atoms with E-state index in [1.54, 1.807) is 30.4 Å². The summed E-state index contributed by atoms with van der Waals surface area (Å²) >= 11 is 0. The maximum atomic E-state index is 12.6. The molecule has 0 spiro atoms. The number of nitrogens with zero attached hydrogens (tertiary/aromatic N) is 5. The minimum atomic E-state index is -0.387. The Kier molecular flexibility index (Phi) is 6.03. The van der Waals surface area contributed by atoms with Crippen molar-refractivity contribution in [2.24, 2.45) is 16.6 Å². The quantitative estimate of drug-likeness (QED) is 0.422. The van der Waals surface area contributed by atoms with Gasteiger partial charge in [0.2, 0.25) is 5.95 Å². The van der Waals surface area contributed by atoms with Crippen molar-refractivity contribution in [1.29, 1.82) is 0 Å². The molecule has 1 aromatic carbocycles. The van der Waals surface area contributed by atoms with Crippen LogP contribution >= 0.6 is 0 Å². The van der Waals surface area contributed by atoms with Gasteiger partial charge in [0.25, 0.3) is 5.91 Å². The number of nitrogens with two attached hydrogens (primary N) is 2. The van der Waals surface area contributed by atoms with Gasteiger partial charge in [0, 0.05) is 37.2 Å². The maximum Gasteiger partial charge on any atom is 0.281 e. The summed E-state index contributed by atoms with van der Waals surface area (Å²) in [4.78, 5) is 24.9. The van der Waals surface area contributed by atoms with Crippen molar-refractivity contribution in [2.75, 3.05) is 19.5 Å². The normalized spacial score (nSPS) is 15.1. The van der Waals surface area contributed by atoms with Crippen LogP contribution in [0.15, 0.2) is 54.0 Å². The second kappa shape index (κ2) is 9.05. The second-order valence-electron chi connectivity index (χ2n) is 7.59. The molecule has 1 aliphatic rings. The molecule has 31 heavy (non-hydrogen) atoms. The average Bonchev–Trinajstić information content (AvgIpc) is 3.48. The summed E-state index contributed by atoms with van der Waals surface area (Å²) in [6.45, 7) is 1.09. The number of anilines is 1. The Morgan fingerprint density at radius 1 is 1.19 bits per heavy atom. The first-order valence-electron chi connectivity index (χ1n) is 10.1. The lowest BCUT2D eigenvalue weighted by molar-refractivity contribution is 0.100. The lowest BCUT2D eigenvalue weighted by atomic mass is 9.91. The molecule has 9 heteroatoms. The third-order valence-electron chi connectivity index (χ3n) is 5.32. The van der Waals surface area contributed by atoms with E-state index in [2.05, 4.69) is 20.1 Å². The van der Waals surface area contributed by atoms with Crippen LogP contribution in [0.3, 0.4) is 0 Å². The molecule has 9 nitrogen and oxygen atoms in total. The van der Waals surface area contributed by atoms with Gasteiger partial charge in [-0.15, -0.1) is 0 Å². The highest BCUT2D eigenvalue weighted by atomic mass is 16.5. The number of aliphatic imine (C=N–C) groups is 1. The van der Waals surface area contributed by atoms with Crippen molar-refractivity contribution in [1.82, 2.24) is 19.7 Å². The number of methoxy groups -OCH3 is 1. The van der Waals surface area contributed by atoms with Crippen molar-refractivity contribution >= 4 is 17.7 Å². The highest BCUT2D eigenvalue weighted by Crippen LogP contribution is 2.43. The molecular formula is C22H25N7O2. The molecule has 4 rings (SSSR count). The Morgan fingerprint density at radius 3 is 2.55 bits per heavy atom. The molecule has 0 aliphatic heterocycles. The van der Waals surface area contributed by atoms with Crippen LogP contribution in [0.2, 0.25) is 0 Å². The number of rotatable bonds is 8. The van der Waals surface area contributed by atoms with Gasteiger partial charge in [-0.1, -0.05) is 24.3 Å². The molecule has 0 radical (unpaired) electrons. The topological polar surface area (TPSA) is 134 Å². The molecular weight excluding hydrogens is 394 g/mol. The number of nitrogen functional groups attached to an aromatic ring is 1. The van der Waals surface area contributed by atoms with E-state index in [0.29, 0.717) is 30.5 Å². The number of carbonyl (C=O) groups excluding carboxylic acids is 1. The number of aromatic nitrogens is 4. The van der Waals surface area contributed by atoms with Gasteiger partial charge in [0.15, 0.2) is 0 Å². The number of hydrogen-bond acceptors (Lipinski definition) is 6. The summed E-state index contributed by atoms with van der Waals surface area (Å²) < 4.78 is 6.68. The zero-order valence-corrected chi connectivity index (χ0v) is 17.3. The fourth-order valence-electron chi connectivity index (χ4n) is 3.52. The van der Waals surface area contributed by atoms with Crippen LogP contribution in [0.25, 0.3) is 11.1 Å². The van der Waals surface area contributed by atoms with Gasteiger partial charge in [-0.05, 0) is 29.9 Å². The van der Waals surface area contributed by atoms with E-state index < -0.39 is 0 Å². The molecule has 3 aromatic rings. The van der Waals surface area contributed by atoms with Crippen LogP contribution < -0.4 is 11.5 Å². The summed E-state index contributed by atoms with van der Waals surface area (Å²) in [5.41, 5.74) is 15.2. The van der Waals surface area contributed by atoms with Crippen molar-refractivity contribution in [2.45, 2.75) is 25.3 Å². The largest absolute Gasteiger partial charge is 0.387 e. The number of amides is 1. The van der Waals surface area contributed by atoms with E-state index in [4.69, 9.17) is 16.2 Å². The third-order valence-corrected chi connectivity index (χ3v) is 5.32. The van der Waals surface area contributed by atoms with Gasteiger partial charge in [-0.2, -0.15) is 10.1 Å². The van der Waals surface area contributed by atoms with Crippen LogP contribution in [0.4, 0.5) is 5.95 Å². The summed E-state index contributed by atoms with van der Waals surface area (Å²) in [5.74, 6) is 0.492. The highest BCUT2D eigenvalue weighted by molar-refractivity contribution is 6.04. The van der Waals surface area contributed by atoms with E-state index in [9.17, 15) is 4.79 Å². The fourth-order valence-corrected chi connectivity index (χ4v) is 3.52. The number of amidine groups is 1. The van der Waals surface area contributed by atoms with E-state index >= 15 is 0 Å². The molecule has 1 unspecified atom stereocenters. The van der Waals surface area contributed by atoms with Crippen molar-refractivity contribution in [3.05, 3.63) is 60.2 Å². The smallest absolute Gasteiger partial charge is 0.281 e. The van der Waals surface area contributed by atoms with Crippen LogP contribution in [0.1, 0.15) is 34.7 Å². The molecule has 1 amide bonds. The van der Waals surface area contributed by atoms with Crippen LogP contribution in [-0.2, 0) is 11.3 Å². The molecule has 0 saturated heterocycles. The van der Waals surface area contributed by atoms with Gasteiger partial charge in [-0.25, -0.2) is 9.97 Å². The number of carbonyl (C=O) groups is 1. The molecule has 2 heterocycles. The molecule has 2 aromatic heterocycles. The second-order valence-corrected chi connectivity index (χ2v) is 7.59. The monoisotopic (exact) mass is 419 g/mol. The minimum Gasteiger partial charge on any atom is -0.387 e. The number of ether oxygens (including phenoxy) is 1. The van der Waals surface area contributed by atoms with Gasteiger partial charge >= 0.3 is 0 Å². The average molecular weight is 419 g/mol. The van der Waals surface area contributed by atoms with Gasteiger partial charge in [0.05, 0.1) is 24.9 Å². The molecule has 0 bridgehead atoms. The first kappa shape index (κ1) is 20.7. The SMILES string of the molecule is COCCn1cc(C(=O)N=C(N)C(c2ccc(-c3cnc(N)nc3)cc2)C2CC2)cn1. The maximum absolute atomic E-state index is 12.6. The standard InChI is InChI=1S/C22H25N7O2/c1-31-9-8-29-13-18(12-27-29)21(30)28-20(23)19(16-6-7-16)15-4-2-14(3-5-15)17-10-25-22(24)26-11-17/h2-5,10-13,16,19H,6-9H2,1H3,(H2,23,28,30)(H2,24,25,26). The molecule has 1 aliphatic carbocycles. The van der Waals surface area contributed by atoms with Gasteiger partial charge in [0.1, 0.15) is 5.84 Å². The highest BCUT2D eigenvalue weighted by Gasteiger charge is 2.35. The summed E-state index contributed by atoms with van der Waals surface area (Å²) in [7, 11) is 1.62. The third kappa shape index (κ3) is 4.95. The van der Waals surface area contributed by atoms with Gasteiger partial charge in [-0.3, -0.25) is 9.48 Å². The van der Waals surface area contributed by atoms with Crippen molar-refractivity contribution in [3.63, 3.8) is 0 Å². The summed E-state index contributed by atoms with van der Waals surface area (Å²) in [6.07, 6.45) is 8.68. The summed E-state index contributed by atoms with van der Waals surface area (Å²) in [5, 5.41) is 4.16. The van der Waals surface area contributed by atoms with E-state index in [1.165, 1.54) is 6.20 Å². The lowest BCUT2D eigenvalue weighted by Crippen LogP contribution is -2.25. The first-order valence-corrected chi connectivity index (χ1v) is 10.1. The van der Waals surface area contributed by atoms with Crippen molar-refractivity contribution in [3.8, 4) is 11.1 Å². The number of benzene rings is 1. The Hall–Kier alpha value is -3.59. The lowest BCUT2D eigenvalue weighted by Gasteiger charge is -2.16. The molecule has 160 valence electrons. The summed E-state index contributed by atoms with van der Waals surface area (Å²) in [6, 6.07) is 8.03. The van der Waals surface area contributed by atoms with E-state index in [-0.39, 0.29) is 17.8 Å². The predicted molar refractivity (Wildman–Crippen MR) is 117 cm³/mol. The van der Waals surface area contributed by atoms with Crippen LogP contribution in [0.5, 0.6) is 0 Å². The molecule has 1 saturated carbocycles. The fraction of sp³-hybridized carbons (Fsp3) is 0.318. The van der Waals surface area contributed by atoms with Crippen LogP contribution in [-0.4, -0.2) is 45.2 Å².